The van der Waals surface area contributed by atoms with Crippen molar-refractivity contribution in [3.05, 3.63) is 89.0 Å². The fourth-order valence-electron chi connectivity index (χ4n) is 5.10. The largest absolute Gasteiger partial charge is 0.497 e. The molecular formula is C29H33NO3. The number of rotatable bonds is 7. The SMILES string of the molecule is COc1ccc2c(c1)C(c1ccc(OCCN3CCCC3)cc1)C(c1ccc(C)cc1)CO2. The molecule has 3 aromatic rings. The average molecular weight is 444 g/mol. The van der Waals surface area contributed by atoms with Gasteiger partial charge in [-0.3, -0.25) is 4.90 Å². The van der Waals surface area contributed by atoms with Crippen LogP contribution in [0.4, 0.5) is 0 Å². The lowest BCUT2D eigenvalue weighted by molar-refractivity contribution is 0.237. The van der Waals surface area contributed by atoms with Gasteiger partial charge in [-0.2, -0.15) is 0 Å². The molecule has 2 unspecified atom stereocenters. The maximum absolute atomic E-state index is 6.21. The van der Waals surface area contributed by atoms with Gasteiger partial charge in [-0.05, 0) is 74.3 Å². The van der Waals surface area contributed by atoms with E-state index in [9.17, 15) is 0 Å². The molecule has 1 fully saturated rings. The van der Waals surface area contributed by atoms with Crippen molar-refractivity contribution >= 4 is 0 Å². The van der Waals surface area contributed by atoms with Gasteiger partial charge in [0.05, 0.1) is 13.7 Å². The first-order valence-corrected chi connectivity index (χ1v) is 12.0. The maximum Gasteiger partial charge on any atom is 0.123 e. The van der Waals surface area contributed by atoms with Crippen LogP contribution in [-0.2, 0) is 0 Å². The van der Waals surface area contributed by atoms with Gasteiger partial charge in [0.2, 0.25) is 0 Å². The van der Waals surface area contributed by atoms with E-state index >= 15 is 0 Å². The molecule has 33 heavy (non-hydrogen) atoms. The van der Waals surface area contributed by atoms with E-state index in [1.807, 2.05) is 12.1 Å². The Bertz CT molecular complexity index is 1060. The maximum atomic E-state index is 6.21. The van der Waals surface area contributed by atoms with E-state index in [-0.39, 0.29) is 11.8 Å². The van der Waals surface area contributed by atoms with Gasteiger partial charge in [0, 0.05) is 23.9 Å². The monoisotopic (exact) mass is 443 g/mol. The third-order valence-electron chi connectivity index (χ3n) is 6.99. The second-order valence-electron chi connectivity index (χ2n) is 9.18. The molecule has 4 nitrogen and oxygen atoms in total. The Kier molecular flexibility index (Phi) is 6.54. The number of ether oxygens (including phenoxy) is 3. The molecule has 5 rings (SSSR count). The van der Waals surface area contributed by atoms with Crippen LogP contribution < -0.4 is 14.2 Å². The summed E-state index contributed by atoms with van der Waals surface area (Å²) in [5.74, 6) is 3.14. The van der Waals surface area contributed by atoms with Crippen molar-refractivity contribution in [1.82, 2.24) is 4.90 Å². The van der Waals surface area contributed by atoms with Gasteiger partial charge >= 0.3 is 0 Å². The van der Waals surface area contributed by atoms with Crippen molar-refractivity contribution < 1.29 is 14.2 Å². The van der Waals surface area contributed by atoms with Gasteiger partial charge in [-0.1, -0.05) is 42.0 Å². The van der Waals surface area contributed by atoms with Crippen LogP contribution in [0.2, 0.25) is 0 Å². The predicted molar refractivity (Wildman–Crippen MR) is 132 cm³/mol. The van der Waals surface area contributed by atoms with E-state index in [1.165, 1.54) is 48.2 Å². The fourth-order valence-corrected chi connectivity index (χ4v) is 5.10. The molecule has 0 aliphatic carbocycles. The number of fused-ring (bicyclic) bond motifs is 1. The molecule has 0 bridgehead atoms. The van der Waals surface area contributed by atoms with E-state index in [1.54, 1.807) is 7.11 Å². The second-order valence-corrected chi connectivity index (χ2v) is 9.18. The van der Waals surface area contributed by atoms with Crippen molar-refractivity contribution in [1.29, 1.82) is 0 Å². The summed E-state index contributed by atoms with van der Waals surface area (Å²) >= 11 is 0. The van der Waals surface area contributed by atoms with Gasteiger partial charge in [0.15, 0.2) is 0 Å². The van der Waals surface area contributed by atoms with Crippen LogP contribution in [0.5, 0.6) is 17.2 Å². The summed E-state index contributed by atoms with van der Waals surface area (Å²) in [5, 5.41) is 0. The quantitative estimate of drug-likeness (QED) is 0.463. The summed E-state index contributed by atoms with van der Waals surface area (Å²) in [4.78, 5) is 2.48. The highest BCUT2D eigenvalue weighted by atomic mass is 16.5. The highest BCUT2D eigenvalue weighted by Crippen LogP contribution is 2.47. The average Bonchev–Trinajstić information content (AvgIpc) is 3.38. The Balaban J connectivity index is 1.41. The van der Waals surface area contributed by atoms with Crippen molar-refractivity contribution in [3.8, 4) is 17.2 Å². The van der Waals surface area contributed by atoms with Crippen LogP contribution in [0.3, 0.4) is 0 Å². The molecule has 2 aliphatic rings. The Morgan fingerprint density at radius 1 is 0.879 bits per heavy atom. The number of methoxy groups -OCH3 is 1. The molecule has 2 aliphatic heterocycles. The van der Waals surface area contributed by atoms with E-state index < -0.39 is 0 Å². The van der Waals surface area contributed by atoms with E-state index in [2.05, 4.69) is 66.4 Å². The van der Waals surface area contributed by atoms with Crippen molar-refractivity contribution in [2.45, 2.75) is 31.6 Å². The molecular weight excluding hydrogens is 410 g/mol. The minimum absolute atomic E-state index is 0.185. The second kappa shape index (κ2) is 9.88. The zero-order valence-corrected chi connectivity index (χ0v) is 19.6. The zero-order chi connectivity index (χ0) is 22.6. The van der Waals surface area contributed by atoms with Gasteiger partial charge in [-0.25, -0.2) is 0 Å². The van der Waals surface area contributed by atoms with Crippen LogP contribution in [0.25, 0.3) is 0 Å². The number of nitrogens with zero attached hydrogens (tertiary/aromatic N) is 1. The Hall–Kier alpha value is -2.98. The first kappa shape index (κ1) is 21.8. The highest BCUT2D eigenvalue weighted by molar-refractivity contribution is 5.51. The van der Waals surface area contributed by atoms with Gasteiger partial charge < -0.3 is 14.2 Å². The van der Waals surface area contributed by atoms with E-state index in [0.29, 0.717) is 6.61 Å². The molecule has 172 valence electrons. The molecule has 1 saturated heterocycles. The van der Waals surface area contributed by atoms with Crippen molar-refractivity contribution in [3.63, 3.8) is 0 Å². The first-order valence-electron chi connectivity index (χ1n) is 12.0. The summed E-state index contributed by atoms with van der Waals surface area (Å²) in [6, 6.07) is 23.6. The standard InChI is InChI=1S/C29H33NO3/c1-21-5-7-22(8-6-21)27-20-33-28-14-13-25(31-2)19-26(28)29(27)23-9-11-24(12-10-23)32-18-17-30-15-3-4-16-30/h5-14,19,27,29H,3-4,15-18,20H2,1-2H3. The fraction of sp³-hybridized carbons (Fsp3) is 0.379. The lowest BCUT2D eigenvalue weighted by atomic mass is 9.75. The summed E-state index contributed by atoms with van der Waals surface area (Å²) in [6.07, 6.45) is 2.63. The van der Waals surface area contributed by atoms with Gasteiger partial charge in [-0.15, -0.1) is 0 Å². The highest BCUT2D eigenvalue weighted by Gasteiger charge is 2.33. The first-order chi connectivity index (χ1) is 16.2. The molecule has 0 N–H and O–H groups in total. The Morgan fingerprint density at radius 3 is 2.30 bits per heavy atom. The smallest absolute Gasteiger partial charge is 0.123 e. The van der Waals surface area contributed by atoms with Crippen LogP contribution in [0.15, 0.2) is 66.7 Å². The minimum atomic E-state index is 0.185. The molecule has 0 spiro atoms. The summed E-state index contributed by atoms with van der Waals surface area (Å²) in [6.45, 7) is 6.93. The van der Waals surface area contributed by atoms with Crippen molar-refractivity contribution in [2.24, 2.45) is 0 Å². The molecule has 3 aromatic carbocycles. The summed E-state index contributed by atoms with van der Waals surface area (Å²) in [7, 11) is 1.71. The molecule has 4 heteroatoms. The number of likely N-dealkylation sites (tertiary alicyclic amines) is 1. The lowest BCUT2D eigenvalue weighted by Gasteiger charge is -2.35. The molecule has 2 atom stereocenters. The van der Waals surface area contributed by atoms with Crippen LogP contribution in [-0.4, -0.2) is 44.9 Å². The van der Waals surface area contributed by atoms with Crippen LogP contribution >= 0.6 is 0 Å². The topological polar surface area (TPSA) is 30.9 Å². The molecule has 0 radical (unpaired) electrons. The Morgan fingerprint density at radius 2 is 1.58 bits per heavy atom. The van der Waals surface area contributed by atoms with Crippen LogP contribution in [0, 0.1) is 6.92 Å². The normalized spacial score (nSPS) is 20.2. The lowest BCUT2D eigenvalue weighted by Crippen LogP contribution is -2.25. The number of aryl methyl sites for hydroxylation is 1. The number of hydrogen-bond donors (Lipinski definition) is 0. The minimum Gasteiger partial charge on any atom is -0.497 e. The van der Waals surface area contributed by atoms with E-state index in [0.717, 1.165) is 30.4 Å². The number of benzene rings is 3. The zero-order valence-electron chi connectivity index (χ0n) is 19.6. The van der Waals surface area contributed by atoms with Gasteiger partial charge in [0.1, 0.15) is 23.9 Å². The molecule has 0 saturated carbocycles. The number of hydrogen-bond acceptors (Lipinski definition) is 4. The molecule has 0 amide bonds. The Labute approximate surface area is 197 Å². The summed E-state index contributed by atoms with van der Waals surface area (Å²) < 4.78 is 17.8. The molecule has 2 heterocycles. The van der Waals surface area contributed by atoms with Crippen LogP contribution in [0.1, 0.15) is 46.9 Å². The predicted octanol–water partition coefficient (Wildman–Crippen LogP) is 5.79. The van der Waals surface area contributed by atoms with Gasteiger partial charge in [0.25, 0.3) is 0 Å². The van der Waals surface area contributed by atoms with E-state index in [4.69, 9.17) is 14.2 Å². The summed E-state index contributed by atoms with van der Waals surface area (Å²) in [5.41, 5.74) is 5.01. The molecule has 0 aromatic heterocycles. The van der Waals surface area contributed by atoms with Crippen molar-refractivity contribution in [2.75, 3.05) is 40.0 Å². The third-order valence-corrected chi connectivity index (χ3v) is 6.99. The third kappa shape index (κ3) is 4.86.